The van der Waals surface area contributed by atoms with E-state index in [1.165, 1.54) is 22.1 Å². The Labute approximate surface area is 204 Å². The van der Waals surface area contributed by atoms with Gasteiger partial charge in [-0.2, -0.15) is 5.10 Å². The van der Waals surface area contributed by atoms with Crippen molar-refractivity contribution in [1.29, 1.82) is 0 Å². The Morgan fingerprint density at radius 3 is 2.80 bits per heavy atom. The van der Waals surface area contributed by atoms with Gasteiger partial charge in [-0.05, 0) is 60.5 Å². The van der Waals surface area contributed by atoms with Crippen molar-refractivity contribution in [3.8, 4) is 11.3 Å². The summed E-state index contributed by atoms with van der Waals surface area (Å²) in [5.41, 5.74) is 9.37. The second-order valence-corrected chi connectivity index (χ2v) is 10.1. The summed E-state index contributed by atoms with van der Waals surface area (Å²) < 4.78 is 7.71. The SMILES string of the molecule is CNCC(=O)N1CCC(c2ccc3[nH]c(-c4cn5ncnc5c5c4COC5)c(C(C)C)c3c2)CC1. The molecule has 1 amide bonds. The molecule has 3 aromatic heterocycles. The molecule has 8 nitrogen and oxygen atoms in total. The number of hydrogen-bond donors (Lipinski definition) is 2. The maximum atomic E-state index is 12.3. The Balaban J connectivity index is 1.39. The van der Waals surface area contributed by atoms with Gasteiger partial charge in [0.1, 0.15) is 6.33 Å². The number of rotatable bonds is 5. The van der Waals surface area contributed by atoms with Gasteiger partial charge in [0.15, 0.2) is 5.65 Å². The molecular formula is C27H32N6O2. The summed E-state index contributed by atoms with van der Waals surface area (Å²) in [6.07, 6.45) is 5.70. The molecule has 5 heterocycles. The fourth-order valence-corrected chi connectivity index (χ4v) is 5.87. The minimum absolute atomic E-state index is 0.194. The number of likely N-dealkylation sites (tertiary alicyclic amines) is 1. The molecule has 0 saturated carbocycles. The monoisotopic (exact) mass is 472 g/mol. The van der Waals surface area contributed by atoms with Crippen LogP contribution in [0.25, 0.3) is 27.8 Å². The van der Waals surface area contributed by atoms with Gasteiger partial charge in [-0.15, -0.1) is 0 Å². The number of nitrogens with one attached hydrogen (secondary N) is 2. The van der Waals surface area contributed by atoms with Crippen LogP contribution in [0.3, 0.4) is 0 Å². The van der Waals surface area contributed by atoms with Crippen LogP contribution in [0, 0.1) is 0 Å². The lowest BCUT2D eigenvalue weighted by molar-refractivity contribution is -0.131. The van der Waals surface area contributed by atoms with Crippen LogP contribution in [0.2, 0.25) is 0 Å². The minimum Gasteiger partial charge on any atom is -0.372 e. The van der Waals surface area contributed by atoms with Crippen molar-refractivity contribution >= 4 is 22.5 Å². The second kappa shape index (κ2) is 8.77. The number of nitrogens with zero attached hydrogens (tertiary/aromatic N) is 4. The van der Waals surface area contributed by atoms with Crippen molar-refractivity contribution in [2.75, 3.05) is 26.7 Å². The Morgan fingerprint density at radius 2 is 2.03 bits per heavy atom. The summed E-state index contributed by atoms with van der Waals surface area (Å²) in [7, 11) is 1.82. The molecule has 2 aliphatic rings. The predicted molar refractivity (Wildman–Crippen MR) is 135 cm³/mol. The Kier molecular flexibility index (Phi) is 5.57. The van der Waals surface area contributed by atoms with E-state index in [1.54, 1.807) is 6.33 Å². The van der Waals surface area contributed by atoms with Gasteiger partial charge >= 0.3 is 0 Å². The predicted octanol–water partition coefficient (Wildman–Crippen LogP) is 3.96. The third kappa shape index (κ3) is 3.72. The van der Waals surface area contributed by atoms with E-state index in [9.17, 15) is 4.79 Å². The van der Waals surface area contributed by atoms with Gasteiger partial charge in [0.05, 0.1) is 25.5 Å². The molecule has 1 aromatic carbocycles. The van der Waals surface area contributed by atoms with Crippen molar-refractivity contribution in [2.24, 2.45) is 0 Å². The highest BCUT2D eigenvalue weighted by Gasteiger charge is 2.27. The highest BCUT2D eigenvalue weighted by molar-refractivity contribution is 5.93. The molecule has 0 bridgehead atoms. The molecule has 35 heavy (non-hydrogen) atoms. The van der Waals surface area contributed by atoms with Gasteiger partial charge < -0.3 is 19.9 Å². The number of aromatic amines is 1. The molecule has 0 atom stereocenters. The van der Waals surface area contributed by atoms with E-state index in [1.807, 2.05) is 16.5 Å². The standard InChI is InChI=1S/C27H32N6O2/c1-16(2)25-19-10-18(17-6-8-32(9-7-17)24(34)11-28-3)4-5-23(19)31-26(25)20-12-33-27(29-15-30-33)22-14-35-13-21(20)22/h4-5,10,12,15-17,28,31H,6-9,11,13-14H2,1-3H3. The number of ether oxygens (including phenoxy) is 1. The number of piperidine rings is 1. The molecule has 0 spiro atoms. The summed E-state index contributed by atoms with van der Waals surface area (Å²) in [5, 5.41) is 8.68. The molecular weight excluding hydrogens is 440 g/mol. The van der Waals surface area contributed by atoms with Crippen LogP contribution in [0.15, 0.2) is 30.7 Å². The third-order valence-electron chi connectivity index (χ3n) is 7.63. The highest BCUT2D eigenvalue weighted by atomic mass is 16.5. The summed E-state index contributed by atoms with van der Waals surface area (Å²) in [4.78, 5) is 22.4. The van der Waals surface area contributed by atoms with Gasteiger partial charge in [-0.25, -0.2) is 9.50 Å². The first-order valence-corrected chi connectivity index (χ1v) is 12.5. The molecule has 0 radical (unpaired) electrons. The summed E-state index contributed by atoms with van der Waals surface area (Å²) in [5.74, 6) is 1.01. The van der Waals surface area contributed by atoms with Crippen LogP contribution in [0.4, 0.5) is 0 Å². The van der Waals surface area contributed by atoms with Gasteiger partial charge in [0.2, 0.25) is 5.91 Å². The Bertz CT molecular complexity index is 1410. The maximum Gasteiger partial charge on any atom is 0.236 e. The molecule has 4 aromatic rings. The van der Waals surface area contributed by atoms with E-state index in [2.05, 4.69) is 58.6 Å². The van der Waals surface area contributed by atoms with E-state index in [0.29, 0.717) is 31.6 Å². The molecule has 0 unspecified atom stereocenters. The minimum atomic E-state index is 0.194. The normalized spacial score (nSPS) is 16.6. The average molecular weight is 473 g/mol. The van der Waals surface area contributed by atoms with Crippen LogP contribution in [-0.4, -0.2) is 57.1 Å². The lowest BCUT2D eigenvalue weighted by Gasteiger charge is -2.32. The summed E-state index contributed by atoms with van der Waals surface area (Å²) in [6, 6.07) is 6.87. The number of pyridine rings is 1. The third-order valence-corrected chi connectivity index (χ3v) is 7.63. The van der Waals surface area contributed by atoms with E-state index in [-0.39, 0.29) is 5.91 Å². The fraction of sp³-hybridized carbons (Fsp3) is 0.444. The average Bonchev–Trinajstić information content (AvgIpc) is 3.60. The maximum absolute atomic E-state index is 12.3. The van der Waals surface area contributed by atoms with Crippen molar-refractivity contribution in [1.82, 2.24) is 29.8 Å². The summed E-state index contributed by atoms with van der Waals surface area (Å²) >= 11 is 0. The number of carbonyl (C=O) groups excluding carboxylic acids is 1. The first-order chi connectivity index (χ1) is 17.0. The lowest BCUT2D eigenvalue weighted by atomic mass is 9.87. The van der Waals surface area contributed by atoms with E-state index in [4.69, 9.17) is 4.74 Å². The number of aromatic nitrogens is 4. The zero-order valence-corrected chi connectivity index (χ0v) is 20.6. The first kappa shape index (κ1) is 22.2. The second-order valence-electron chi connectivity index (χ2n) is 10.1. The van der Waals surface area contributed by atoms with E-state index in [0.717, 1.165) is 53.9 Å². The molecule has 1 fully saturated rings. The van der Waals surface area contributed by atoms with E-state index >= 15 is 0 Å². The zero-order chi connectivity index (χ0) is 24.1. The smallest absolute Gasteiger partial charge is 0.236 e. The van der Waals surface area contributed by atoms with Crippen LogP contribution < -0.4 is 5.32 Å². The van der Waals surface area contributed by atoms with Gasteiger partial charge in [0, 0.05) is 41.3 Å². The van der Waals surface area contributed by atoms with Crippen LogP contribution in [0.1, 0.15) is 60.8 Å². The number of amides is 1. The van der Waals surface area contributed by atoms with Crippen molar-refractivity contribution in [3.63, 3.8) is 0 Å². The molecule has 2 aliphatic heterocycles. The number of H-pyrrole nitrogens is 1. The first-order valence-electron chi connectivity index (χ1n) is 12.5. The van der Waals surface area contributed by atoms with Crippen LogP contribution in [-0.2, 0) is 22.7 Å². The number of benzene rings is 1. The number of likely N-dealkylation sites (N-methyl/N-ethyl adjacent to an activating group) is 1. The fourth-order valence-electron chi connectivity index (χ4n) is 5.87. The zero-order valence-electron chi connectivity index (χ0n) is 20.6. The van der Waals surface area contributed by atoms with Gasteiger partial charge in [0.25, 0.3) is 0 Å². The molecule has 182 valence electrons. The number of carbonyl (C=O) groups is 1. The quantitative estimate of drug-likeness (QED) is 0.459. The molecule has 8 heteroatoms. The van der Waals surface area contributed by atoms with Gasteiger partial charge in [-0.1, -0.05) is 19.9 Å². The van der Waals surface area contributed by atoms with E-state index < -0.39 is 0 Å². The number of hydrogen-bond acceptors (Lipinski definition) is 5. The van der Waals surface area contributed by atoms with Gasteiger partial charge in [-0.3, -0.25) is 4.79 Å². The van der Waals surface area contributed by atoms with Crippen molar-refractivity contribution in [2.45, 2.75) is 51.7 Å². The van der Waals surface area contributed by atoms with Crippen molar-refractivity contribution < 1.29 is 9.53 Å². The molecule has 1 saturated heterocycles. The Morgan fingerprint density at radius 1 is 1.23 bits per heavy atom. The lowest BCUT2D eigenvalue weighted by Crippen LogP contribution is -2.41. The van der Waals surface area contributed by atoms with Crippen LogP contribution in [0.5, 0.6) is 0 Å². The Hall–Kier alpha value is -3.23. The largest absolute Gasteiger partial charge is 0.372 e. The summed E-state index contributed by atoms with van der Waals surface area (Å²) in [6.45, 7) is 7.74. The molecule has 0 aliphatic carbocycles. The number of fused-ring (bicyclic) bond motifs is 4. The highest BCUT2D eigenvalue weighted by Crippen LogP contribution is 2.41. The molecule has 6 rings (SSSR count). The molecule has 2 N–H and O–H groups in total. The van der Waals surface area contributed by atoms with Crippen LogP contribution >= 0.6 is 0 Å². The van der Waals surface area contributed by atoms with Crippen molar-refractivity contribution in [3.05, 3.63) is 53.0 Å². The topological polar surface area (TPSA) is 87.6 Å².